The number of nitrogens with zero attached hydrogens (tertiary/aromatic N) is 2. The number of non-ortho nitro benzene ring substituents is 1. The second-order valence-electron chi connectivity index (χ2n) is 6.42. The molecule has 3 aromatic rings. The predicted molar refractivity (Wildman–Crippen MR) is 125 cm³/mol. The maximum absolute atomic E-state index is 12.4. The van der Waals surface area contributed by atoms with Crippen molar-refractivity contribution in [2.75, 3.05) is 5.32 Å². The molecule has 0 spiro atoms. The standard InChI is InChI=1S/C23H16IN3O4/c24-19-8-4-17(5-9-19)15-31-22-10-6-16(7-11-22)12-18(14-25)23(28)26-20-2-1-3-21(13-20)27(29)30/h1-13H,15H2,(H,26,28)/b18-12+. The van der Waals surface area contributed by atoms with E-state index in [2.05, 4.69) is 27.9 Å². The molecule has 31 heavy (non-hydrogen) atoms. The number of nitro groups is 1. The topological polar surface area (TPSA) is 105 Å². The highest BCUT2D eigenvalue weighted by atomic mass is 127. The first-order chi connectivity index (χ1) is 14.9. The SMILES string of the molecule is N#C/C(=C\c1ccc(OCc2ccc(I)cc2)cc1)C(=O)Nc1cccc([N+](=O)[O-])c1. The van der Waals surface area contributed by atoms with Gasteiger partial charge in [0.05, 0.1) is 4.92 Å². The summed E-state index contributed by atoms with van der Waals surface area (Å²) in [5.41, 5.74) is 1.65. The van der Waals surface area contributed by atoms with E-state index in [4.69, 9.17) is 4.74 Å². The number of nitrogens with one attached hydrogen (secondary N) is 1. The van der Waals surface area contributed by atoms with Crippen LogP contribution in [-0.2, 0) is 11.4 Å². The summed E-state index contributed by atoms with van der Waals surface area (Å²) in [6, 6.07) is 22.4. The Kier molecular flexibility index (Phi) is 7.35. The molecule has 154 valence electrons. The van der Waals surface area contributed by atoms with Crippen molar-refractivity contribution >= 4 is 45.9 Å². The van der Waals surface area contributed by atoms with Crippen LogP contribution >= 0.6 is 22.6 Å². The molecule has 0 bridgehead atoms. The Hall–Kier alpha value is -3.71. The number of carbonyl (C=O) groups is 1. The van der Waals surface area contributed by atoms with Crippen LogP contribution in [0.5, 0.6) is 5.75 Å². The normalized spacial score (nSPS) is 10.8. The van der Waals surface area contributed by atoms with Gasteiger partial charge in [0.15, 0.2) is 0 Å². The van der Waals surface area contributed by atoms with Crippen LogP contribution in [-0.4, -0.2) is 10.8 Å². The zero-order valence-corrected chi connectivity index (χ0v) is 18.3. The summed E-state index contributed by atoms with van der Waals surface area (Å²) in [4.78, 5) is 22.7. The van der Waals surface area contributed by atoms with Crippen LogP contribution in [0.15, 0.2) is 78.4 Å². The summed E-state index contributed by atoms with van der Waals surface area (Å²) >= 11 is 2.24. The van der Waals surface area contributed by atoms with Gasteiger partial charge in [-0.2, -0.15) is 5.26 Å². The first-order valence-corrected chi connectivity index (χ1v) is 10.2. The van der Waals surface area contributed by atoms with E-state index < -0.39 is 10.8 Å². The first kappa shape index (κ1) is 22.0. The molecular formula is C23H16IN3O4. The van der Waals surface area contributed by atoms with Gasteiger partial charge in [-0.25, -0.2) is 0 Å². The molecule has 0 saturated carbocycles. The molecular weight excluding hydrogens is 509 g/mol. The monoisotopic (exact) mass is 525 g/mol. The Balaban J connectivity index is 1.65. The Morgan fingerprint density at radius 1 is 1.13 bits per heavy atom. The summed E-state index contributed by atoms with van der Waals surface area (Å²) in [6.45, 7) is 0.432. The minimum atomic E-state index is -0.651. The minimum absolute atomic E-state index is 0.126. The molecule has 3 aromatic carbocycles. The Morgan fingerprint density at radius 3 is 2.48 bits per heavy atom. The number of hydrogen-bond acceptors (Lipinski definition) is 5. The zero-order valence-electron chi connectivity index (χ0n) is 16.1. The van der Waals surface area contributed by atoms with E-state index in [0.29, 0.717) is 17.9 Å². The molecule has 0 aliphatic rings. The van der Waals surface area contributed by atoms with Gasteiger partial charge >= 0.3 is 0 Å². The van der Waals surface area contributed by atoms with Gasteiger partial charge in [-0.1, -0.05) is 30.3 Å². The number of anilines is 1. The summed E-state index contributed by atoms with van der Waals surface area (Å²) in [6.07, 6.45) is 1.44. The molecule has 8 heteroatoms. The van der Waals surface area contributed by atoms with Crippen molar-refractivity contribution < 1.29 is 14.5 Å². The molecule has 0 saturated heterocycles. The van der Waals surface area contributed by atoms with E-state index in [0.717, 1.165) is 9.13 Å². The summed E-state index contributed by atoms with van der Waals surface area (Å²) in [5.74, 6) is 0.0114. The van der Waals surface area contributed by atoms with Gasteiger partial charge in [0, 0.05) is 21.4 Å². The van der Waals surface area contributed by atoms with E-state index in [1.165, 1.54) is 30.3 Å². The van der Waals surface area contributed by atoms with Crippen molar-refractivity contribution in [1.82, 2.24) is 0 Å². The van der Waals surface area contributed by atoms with Crippen molar-refractivity contribution in [2.24, 2.45) is 0 Å². The average Bonchev–Trinajstić information content (AvgIpc) is 2.78. The molecule has 0 heterocycles. The predicted octanol–water partition coefficient (Wildman–Crippen LogP) is 5.32. The highest BCUT2D eigenvalue weighted by Crippen LogP contribution is 2.19. The number of nitro benzene ring substituents is 1. The number of nitriles is 1. The lowest BCUT2D eigenvalue weighted by atomic mass is 10.1. The quantitative estimate of drug-likeness (QED) is 0.148. The minimum Gasteiger partial charge on any atom is -0.489 e. The molecule has 3 rings (SSSR count). The highest BCUT2D eigenvalue weighted by molar-refractivity contribution is 14.1. The van der Waals surface area contributed by atoms with E-state index >= 15 is 0 Å². The molecule has 0 aromatic heterocycles. The molecule has 1 amide bonds. The maximum Gasteiger partial charge on any atom is 0.271 e. The van der Waals surface area contributed by atoms with Crippen molar-refractivity contribution in [2.45, 2.75) is 6.61 Å². The van der Waals surface area contributed by atoms with Crippen molar-refractivity contribution in [3.05, 3.63) is 103 Å². The molecule has 0 aliphatic heterocycles. The van der Waals surface area contributed by atoms with E-state index in [9.17, 15) is 20.2 Å². The zero-order chi connectivity index (χ0) is 22.2. The number of benzene rings is 3. The molecule has 0 aliphatic carbocycles. The molecule has 0 unspecified atom stereocenters. The number of ether oxygens (including phenoxy) is 1. The van der Waals surface area contributed by atoms with Gasteiger partial charge in [-0.05, 0) is 70.1 Å². The fraction of sp³-hybridized carbons (Fsp3) is 0.0435. The van der Waals surface area contributed by atoms with Gasteiger partial charge < -0.3 is 10.1 Å². The summed E-state index contributed by atoms with van der Waals surface area (Å²) in [5, 5.41) is 22.7. The van der Waals surface area contributed by atoms with Gasteiger partial charge in [0.2, 0.25) is 0 Å². The number of hydrogen-bond donors (Lipinski definition) is 1. The molecule has 7 nitrogen and oxygen atoms in total. The van der Waals surface area contributed by atoms with Crippen LogP contribution in [0.3, 0.4) is 0 Å². The third-order valence-corrected chi connectivity index (χ3v) is 4.91. The van der Waals surface area contributed by atoms with Crippen LogP contribution in [0.25, 0.3) is 6.08 Å². The summed E-state index contributed by atoms with van der Waals surface area (Å²) in [7, 11) is 0. The second-order valence-corrected chi connectivity index (χ2v) is 7.66. The third-order valence-electron chi connectivity index (χ3n) is 4.19. The molecule has 1 N–H and O–H groups in total. The van der Waals surface area contributed by atoms with Gasteiger partial charge in [0.25, 0.3) is 11.6 Å². The van der Waals surface area contributed by atoms with Crippen LogP contribution in [0.4, 0.5) is 11.4 Å². The number of rotatable bonds is 7. The van der Waals surface area contributed by atoms with Gasteiger partial charge in [-0.3, -0.25) is 14.9 Å². The van der Waals surface area contributed by atoms with Crippen LogP contribution < -0.4 is 10.1 Å². The third kappa shape index (κ3) is 6.38. The number of halogens is 1. The van der Waals surface area contributed by atoms with Crippen LogP contribution in [0.2, 0.25) is 0 Å². The largest absolute Gasteiger partial charge is 0.489 e. The smallest absolute Gasteiger partial charge is 0.271 e. The second kappa shape index (κ2) is 10.4. The number of carbonyl (C=O) groups excluding carboxylic acids is 1. The molecule has 0 fully saturated rings. The van der Waals surface area contributed by atoms with E-state index in [1.807, 2.05) is 30.3 Å². The van der Waals surface area contributed by atoms with Crippen molar-refractivity contribution in [1.29, 1.82) is 5.26 Å². The first-order valence-electron chi connectivity index (χ1n) is 9.09. The van der Waals surface area contributed by atoms with E-state index in [-0.39, 0.29) is 16.9 Å². The lowest BCUT2D eigenvalue weighted by molar-refractivity contribution is -0.384. The van der Waals surface area contributed by atoms with Gasteiger partial charge in [-0.15, -0.1) is 0 Å². The highest BCUT2D eigenvalue weighted by Gasteiger charge is 2.12. The van der Waals surface area contributed by atoms with Crippen LogP contribution in [0, 0.1) is 25.0 Å². The maximum atomic E-state index is 12.4. The molecule has 0 atom stereocenters. The van der Waals surface area contributed by atoms with Crippen molar-refractivity contribution in [3.63, 3.8) is 0 Å². The van der Waals surface area contributed by atoms with E-state index in [1.54, 1.807) is 24.3 Å². The Bertz CT molecular complexity index is 1170. The lowest BCUT2D eigenvalue weighted by Gasteiger charge is -2.07. The number of amides is 1. The van der Waals surface area contributed by atoms with Crippen molar-refractivity contribution in [3.8, 4) is 11.8 Å². The molecule has 0 radical (unpaired) electrons. The Labute approximate surface area is 192 Å². The van der Waals surface area contributed by atoms with Crippen LogP contribution in [0.1, 0.15) is 11.1 Å². The summed E-state index contributed by atoms with van der Waals surface area (Å²) < 4.78 is 6.91. The van der Waals surface area contributed by atoms with Gasteiger partial charge in [0.1, 0.15) is 24.0 Å². The average molecular weight is 525 g/mol. The fourth-order valence-corrected chi connectivity index (χ4v) is 2.98. The lowest BCUT2D eigenvalue weighted by Crippen LogP contribution is -2.13. The fourth-order valence-electron chi connectivity index (χ4n) is 2.62. The Morgan fingerprint density at radius 2 is 1.84 bits per heavy atom.